The number of hydrogen-bond acceptors (Lipinski definition) is 6. The first-order valence-electron chi connectivity index (χ1n) is 9.78. The predicted octanol–water partition coefficient (Wildman–Crippen LogP) is 1.43. The van der Waals surface area contributed by atoms with Crippen LogP contribution in [0.5, 0.6) is 0 Å². The highest BCUT2D eigenvalue weighted by Crippen LogP contribution is 2.27. The number of primary amides is 1. The second-order valence-electron chi connectivity index (χ2n) is 7.61. The molecule has 10 heteroatoms. The molecule has 0 unspecified atom stereocenters. The van der Waals surface area contributed by atoms with Crippen LogP contribution in [0.3, 0.4) is 0 Å². The number of carbonyl (C=O) groups excluding carboxylic acids is 3. The number of ketones is 1. The molecule has 1 fully saturated rings. The quantitative estimate of drug-likeness (QED) is 0.618. The number of rotatable bonds is 5. The summed E-state index contributed by atoms with van der Waals surface area (Å²) in [4.78, 5) is 46.1. The summed E-state index contributed by atoms with van der Waals surface area (Å²) in [6.07, 6.45) is 1.97. The van der Waals surface area contributed by atoms with E-state index in [4.69, 9.17) is 5.73 Å². The van der Waals surface area contributed by atoms with E-state index in [2.05, 4.69) is 15.1 Å². The largest absolute Gasteiger partial charge is 0.368 e. The number of nitrogens with two attached hydrogens (primary N) is 1. The highest BCUT2D eigenvalue weighted by Gasteiger charge is 2.38. The Balaban J connectivity index is 1.70. The van der Waals surface area contributed by atoms with E-state index < -0.39 is 24.0 Å². The topological polar surface area (TPSA) is 124 Å². The standard InChI is InChI=1S/C21H21FN6O3/c1-11(29)20-16-5-13(14-7-24-12(2)25-8-14)3-4-17(16)28(26-20)10-19(30)27-9-15(22)6-18(27)21(23)31/h3-5,7-8,15,18H,6,9-10H2,1-2H3,(H2,23,31)/t15-,18+/m1/s1. The molecule has 2 atom stereocenters. The normalized spacial score (nSPS) is 18.5. The molecule has 9 nitrogen and oxygen atoms in total. The van der Waals surface area contributed by atoms with Crippen molar-refractivity contribution >= 4 is 28.5 Å². The zero-order chi connectivity index (χ0) is 22.3. The lowest BCUT2D eigenvalue weighted by Gasteiger charge is -2.21. The average Bonchev–Trinajstić information content (AvgIpc) is 3.29. The van der Waals surface area contributed by atoms with Gasteiger partial charge in [0.15, 0.2) is 5.78 Å². The van der Waals surface area contributed by atoms with Gasteiger partial charge in [0.05, 0.1) is 12.1 Å². The number of likely N-dealkylation sites (tertiary alicyclic amines) is 1. The Bertz CT molecular complexity index is 1190. The highest BCUT2D eigenvalue weighted by atomic mass is 19.1. The van der Waals surface area contributed by atoms with Gasteiger partial charge in [-0.1, -0.05) is 6.07 Å². The maximum absolute atomic E-state index is 13.8. The number of alkyl halides is 1. The minimum atomic E-state index is -1.30. The number of hydrogen-bond donors (Lipinski definition) is 1. The maximum Gasteiger partial charge on any atom is 0.245 e. The van der Waals surface area contributed by atoms with Crippen LogP contribution in [0.4, 0.5) is 4.39 Å². The van der Waals surface area contributed by atoms with Gasteiger partial charge in [-0.2, -0.15) is 5.10 Å². The van der Waals surface area contributed by atoms with Gasteiger partial charge in [-0.3, -0.25) is 19.1 Å². The van der Waals surface area contributed by atoms with Gasteiger partial charge >= 0.3 is 0 Å². The monoisotopic (exact) mass is 424 g/mol. The molecule has 0 bridgehead atoms. The molecule has 4 rings (SSSR count). The fourth-order valence-corrected chi connectivity index (χ4v) is 3.83. The third-order valence-corrected chi connectivity index (χ3v) is 5.38. The van der Waals surface area contributed by atoms with Crippen molar-refractivity contribution in [3.63, 3.8) is 0 Å². The number of carbonyl (C=O) groups is 3. The first kappa shape index (κ1) is 20.6. The molecule has 1 aliphatic heterocycles. The minimum Gasteiger partial charge on any atom is -0.368 e. The third-order valence-electron chi connectivity index (χ3n) is 5.38. The van der Waals surface area contributed by atoms with Gasteiger partial charge in [-0.05, 0) is 24.6 Å². The number of amides is 2. The molecular formula is C21H21FN6O3. The van der Waals surface area contributed by atoms with Crippen LogP contribution in [0, 0.1) is 6.92 Å². The molecule has 0 aliphatic carbocycles. The number of nitrogens with zero attached hydrogens (tertiary/aromatic N) is 5. The molecule has 3 aromatic rings. The summed E-state index contributed by atoms with van der Waals surface area (Å²) >= 11 is 0. The molecule has 31 heavy (non-hydrogen) atoms. The summed E-state index contributed by atoms with van der Waals surface area (Å²) in [5.41, 5.74) is 7.69. The van der Waals surface area contributed by atoms with Gasteiger partial charge in [0, 0.05) is 36.7 Å². The molecule has 2 N–H and O–H groups in total. The molecule has 2 amide bonds. The molecule has 0 spiro atoms. The van der Waals surface area contributed by atoms with E-state index in [9.17, 15) is 18.8 Å². The SMILES string of the molecule is CC(=O)c1nn(CC(=O)N2C[C@H](F)C[C@H]2C(N)=O)c2ccc(-c3cnc(C)nc3)cc12. The van der Waals surface area contributed by atoms with E-state index in [1.165, 1.54) is 11.6 Å². The minimum absolute atomic E-state index is 0.110. The van der Waals surface area contributed by atoms with Crippen molar-refractivity contribution in [3.05, 3.63) is 42.1 Å². The second-order valence-corrected chi connectivity index (χ2v) is 7.61. The molecule has 2 aromatic heterocycles. The predicted molar refractivity (Wildman–Crippen MR) is 110 cm³/mol. The molecule has 1 aromatic carbocycles. The molecular weight excluding hydrogens is 403 g/mol. The lowest BCUT2D eigenvalue weighted by molar-refractivity contribution is -0.137. The van der Waals surface area contributed by atoms with Crippen LogP contribution >= 0.6 is 0 Å². The molecule has 1 aliphatic rings. The van der Waals surface area contributed by atoms with Crippen LogP contribution in [-0.2, 0) is 16.1 Å². The summed E-state index contributed by atoms with van der Waals surface area (Å²) in [7, 11) is 0. The van der Waals surface area contributed by atoms with Gasteiger partial charge < -0.3 is 10.6 Å². The number of benzene rings is 1. The summed E-state index contributed by atoms with van der Waals surface area (Å²) in [6, 6.07) is 4.39. The first-order chi connectivity index (χ1) is 14.7. The van der Waals surface area contributed by atoms with E-state index in [0.717, 1.165) is 16.0 Å². The summed E-state index contributed by atoms with van der Waals surface area (Å²) in [5, 5.41) is 4.89. The zero-order valence-corrected chi connectivity index (χ0v) is 17.1. The smallest absolute Gasteiger partial charge is 0.245 e. The van der Waals surface area contributed by atoms with Crippen LogP contribution in [-0.4, -0.2) is 61.0 Å². The average molecular weight is 424 g/mol. The highest BCUT2D eigenvalue weighted by molar-refractivity contribution is 6.06. The fraction of sp³-hybridized carbons (Fsp3) is 0.333. The lowest BCUT2D eigenvalue weighted by atomic mass is 10.0. The first-order valence-corrected chi connectivity index (χ1v) is 9.78. The van der Waals surface area contributed by atoms with E-state index >= 15 is 0 Å². The van der Waals surface area contributed by atoms with Gasteiger partial charge in [0.2, 0.25) is 11.8 Å². The van der Waals surface area contributed by atoms with E-state index in [1.54, 1.807) is 31.5 Å². The fourth-order valence-electron chi connectivity index (χ4n) is 3.83. The summed E-state index contributed by atoms with van der Waals surface area (Å²) < 4.78 is 15.2. The van der Waals surface area contributed by atoms with Crippen LogP contribution < -0.4 is 5.73 Å². The van der Waals surface area contributed by atoms with Crippen LogP contribution in [0.2, 0.25) is 0 Å². The Hall–Kier alpha value is -3.69. The number of Topliss-reactive ketones (excluding diaryl/α,β-unsaturated/α-hetero) is 1. The number of fused-ring (bicyclic) bond motifs is 1. The Kier molecular flexibility index (Phi) is 5.22. The van der Waals surface area contributed by atoms with Crippen LogP contribution in [0.1, 0.15) is 29.7 Å². The van der Waals surface area contributed by atoms with Crippen molar-refractivity contribution in [2.24, 2.45) is 5.73 Å². The molecule has 0 radical (unpaired) electrons. The van der Waals surface area contributed by atoms with E-state index in [0.29, 0.717) is 16.7 Å². The van der Waals surface area contributed by atoms with E-state index in [1.807, 2.05) is 6.07 Å². The molecule has 1 saturated heterocycles. The number of aryl methyl sites for hydroxylation is 1. The van der Waals surface area contributed by atoms with Crippen LogP contribution in [0.25, 0.3) is 22.0 Å². The van der Waals surface area contributed by atoms with Gasteiger partial charge in [0.25, 0.3) is 0 Å². The number of halogens is 1. The van der Waals surface area contributed by atoms with Crippen LogP contribution in [0.15, 0.2) is 30.6 Å². The second kappa shape index (κ2) is 7.86. The Morgan fingerprint density at radius 1 is 1.19 bits per heavy atom. The van der Waals surface area contributed by atoms with Crippen molar-refractivity contribution in [2.75, 3.05) is 6.54 Å². The Morgan fingerprint density at radius 2 is 1.90 bits per heavy atom. The molecule has 3 heterocycles. The summed E-state index contributed by atoms with van der Waals surface area (Å²) in [6.45, 7) is 2.75. The van der Waals surface area contributed by atoms with Crippen molar-refractivity contribution in [3.8, 4) is 11.1 Å². The summed E-state index contributed by atoms with van der Waals surface area (Å²) in [5.74, 6) is -0.839. The molecule has 160 valence electrons. The van der Waals surface area contributed by atoms with Gasteiger partial charge in [0.1, 0.15) is 30.3 Å². The zero-order valence-electron chi connectivity index (χ0n) is 17.1. The number of aromatic nitrogens is 4. The van der Waals surface area contributed by atoms with Crippen molar-refractivity contribution < 1.29 is 18.8 Å². The Labute approximate surface area is 177 Å². The van der Waals surface area contributed by atoms with Crippen molar-refractivity contribution in [2.45, 2.75) is 39.0 Å². The van der Waals surface area contributed by atoms with Crippen molar-refractivity contribution in [1.82, 2.24) is 24.6 Å². The van der Waals surface area contributed by atoms with Gasteiger partial charge in [-0.25, -0.2) is 14.4 Å². The third kappa shape index (κ3) is 3.88. The Morgan fingerprint density at radius 3 is 2.55 bits per heavy atom. The lowest BCUT2D eigenvalue weighted by Crippen LogP contribution is -2.45. The van der Waals surface area contributed by atoms with E-state index in [-0.39, 0.29) is 31.0 Å². The maximum atomic E-state index is 13.8. The van der Waals surface area contributed by atoms with Crippen molar-refractivity contribution in [1.29, 1.82) is 0 Å². The van der Waals surface area contributed by atoms with Gasteiger partial charge in [-0.15, -0.1) is 0 Å². The molecule has 0 saturated carbocycles.